The number of hydrogen-bond donors (Lipinski definition) is 1. The Labute approximate surface area is 149 Å². The van der Waals surface area contributed by atoms with Crippen LogP contribution in [0.2, 0.25) is 0 Å². The number of rotatable bonds is 3. The first-order chi connectivity index (χ1) is 12.6. The van der Waals surface area contributed by atoms with Crippen LogP contribution in [0.4, 0.5) is 0 Å². The van der Waals surface area contributed by atoms with Crippen molar-refractivity contribution < 1.29 is 14.7 Å². The summed E-state index contributed by atoms with van der Waals surface area (Å²) in [7, 11) is 0. The lowest BCUT2D eigenvalue weighted by Gasteiger charge is -2.24. The molecule has 26 heavy (non-hydrogen) atoms. The second-order valence-electron chi connectivity index (χ2n) is 6.90. The van der Waals surface area contributed by atoms with Gasteiger partial charge in [-0.25, -0.2) is 4.79 Å². The summed E-state index contributed by atoms with van der Waals surface area (Å²) in [6, 6.07) is 10.7. The zero-order chi connectivity index (χ0) is 18.3. The summed E-state index contributed by atoms with van der Waals surface area (Å²) in [6.07, 6.45) is 2.80. The summed E-state index contributed by atoms with van der Waals surface area (Å²) < 4.78 is 1.17. The molecule has 2 aliphatic rings. The number of benzene rings is 1. The third-order valence-corrected chi connectivity index (χ3v) is 5.42. The lowest BCUT2D eigenvalue weighted by molar-refractivity contribution is -0.142. The van der Waals surface area contributed by atoms with Gasteiger partial charge in [0.25, 0.3) is 11.5 Å². The normalized spacial score (nSPS) is 24.5. The van der Waals surface area contributed by atoms with Crippen LogP contribution >= 0.6 is 0 Å². The molecule has 0 radical (unpaired) electrons. The molecule has 7 nitrogen and oxygen atoms in total. The number of nitrogens with zero attached hydrogens (tertiary/aromatic N) is 3. The summed E-state index contributed by atoms with van der Waals surface area (Å²) >= 11 is 0. The highest BCUT2D eigenvalue weighted by molar-refractivity contribution is 5.95. The first-order valence-electron chi connectivity index (χ1n) is 8.76. The number of carbonyl (C=O) groups is 2. The van der Waals surface area contributed by atoms with E-state index in [1.165, 1.54) is 21.7 Å². The van der Waals surface area contributed by atoms with E-state index in [2.05, 4.69) is 5.10 Å². The van der Waals surface area contributed by atoms with Gasteiger partial charge in [0.2, 0.25) is 0 Å². The predicted octanol–water partition coefficient (Wildman–Crippen LogP) is 1.56. The number of aromatic nitrogens is 2. The third kappa shape index (κ3) is 2.69. The van der Waals surface area contributed by atoms with Crippen LogP contribution in [0.1, 0.15) is 29.8 Å². The molecule has 3 atom stereocenters. The molecule has 1 amide bonds. The van der Waals surface area contributed by atoms with Gasteiger partial charge in [0.15, 0.2) is 0 Å². The van der Waals surface area contributed by atoms with Gasteiger partial charge in [-0.15, -0.1) is 0 Å². The molecule has 1 aliphatic heterocycles. The van der Waals surface area contributed by atoms with Gasteiger partial charge in [-0.1, -0.05) is 24.6 Å². The zero-order valence-corrected chi connectivity index (χ0v) is 14.1. The second-order valence-corrected chi connectivity index (χ2v) is 6.90. The van der Waals surface area contributed by atoms with E-state index in [-0.39, 0.29) is 23.1 Å². The van der Waals surface area contributed by atoms with Crippen LogP contribution in [0.5, 0.6) is 0 Å². The van der Waals surface area contributed by atoms with Crippen molar-refractivity contribution in [1.82, 2.24) is 14.7 Å². The van der Waals surface area contributed by atoms with E-state index in [0.717, 1.165) is 19.3 Å². The number of para-hydroxylation sites is 1. The van der Waals surface area contributed by atoms with E-state index in [1.54, 1.807) is 24.3 Å². The van der Waals surface area contributed by atoms with E-state index in [9.17, 15) is 19.5 Å². The maximum absolute atomic E-state index is 13.0. The van der Waals surface area contributed by atoms with Gasteiger partial charge in [0.1, 0.15) is 11.7 Å². The van der Waals surface area contributed by atoms with Gasteiger partial charge < -0.3 is 10.0 Å². The van der Waals surface area contributed by atoms with Crippen molar-refractivity contribution in [3.8, 4) is 5.69 Å². The number of fused-ring (bicyclic) bond motifs is 1. The van der Waals surface area contributed by atoms with Crippen LogP contribution in [0.15, 0.2) is 47.3 Å². The summed E-state index contributed by atoms with van der Waals surface area (Å²) in [4.78, 5) is 38.3. The monoisotopic (exact) mass is 353 g/mol. The van der Waals surface area contributed by atoms with Crippen molar-refractivity contribution in [3.05, 3.63) is 58.5 Å². The van der Waals surface area contributed by atoms with Gasteiger partial charge in [0.05, 0.1) is 5.69 Å². The van der Waals surface area contributed by atoms with Crippen molar-refractivity contribution in [2.75, 3.05) is 6.54 Å². The molecule has 2 aromatic rings. The van der Waals surface area contributed by atoms with Crippen LogP contribution in [-0.4, -0.2) is 44.3 Å². The van der Waals surface area contributed by atoms with Gasteiger partial charge >= 0.3 is 5.97 Å². The first kappa shape index (κ1) is 16.5. The van der Waals surface area contributed by atoms with Crippen molar-refractivity contribution in [3.63, 3.8) is 0 Å². The molecule has 3 unspecified atom stereocenters. The number of carboxylic acid groups (broad SMARTS) is 1. The van der Waals surface area contributed by atoms with Crippen LogP contribution in [-0.2, 0) is 4.79 Å². The highest BCUT2D eigenvalue weighted by Gasteiger charge is 2.49. The van der Waals surface area contributed by atoms with Crippen LogP contribution in [0.3, 0.4) is 0 Å². The van der Waals surface area contributed by atoms with Gasteiger partial charge in [0, 0.05) is 12.6 Å². The molecule has 1 aromatic heterocycles. The fraction of sp³-hybridized carbons (Fsp3) is 0.368. The van der Waals surface area contributed by atoms with Crippen molar-refractivity contribution in [1.29, 1.82) is 0 Å². The van der Waals surface area contributed by atoms with Crippen molar-refractivity contribution in [2.45, 2.75) is 25.3 Å². The summed E-state index contributed by atoms with van der Waals surface area (Å²) in [5.41, 5.74) is 0.292. The highest BCUT2D eigenvalue weighted by Crippen LogP contribution is 2.42. The Morgan fingerprint density at radius 3 is 2.58 bits per heavy atom. The Hall–Kier alpha value is -2.96. The lowest BCUT2D eigenvalue weighted by atomic mass is 9.94. The molecule has 1 saturated heterocycles. The zero-order valence-electron chi connectivity index (χ0n) is 14.1. The largest absolute Gasteiger partial charge is 0.480 e. The number of amides is 1. The number of aliphatic carboxylic acids is 1. The minimum atomic E-state index is -0.968. The maximum Gasteiger partial charge on any atom is 0.326 e. The quantitative estimate of drug-likeness (QED) is 0.904. The van der Waals surface area contributed by atoms with Crippen LogP contribution < -0.4 is 5.56 Å². The van der Waals surface area contributed by atoms with Gasteiger partial charge in [-0.2, -0.15) is 9.78 Å². The summed E-state index contributed by atoms with van der Waals surface area (Å²) in [5.74, 6) is -1.16. The summed E-state index contributed by atoms with van der Waals surface area (Å²) in [6.45, 7) is 0.437. The number of carboxylic acids is 1. The van der Waals surface area contributed by atoms with Gasteiger partial charge in [-0.3, -0.25) is 9.59 Å². The minimum Gasteiger partial charge on any atom is -0.480 e. The molecule has 1 saturated carbocycles. The van der Waals surface area contributed by atoms with Gasteiger partial charge in [-0.05, 0) is 42.9 Å². The summed E-state index contributed by atoms with van der Waals surface area (Å²) in [5, 5.41) is 13.8. The maximum atomic E-state index is 13.0. The van der Waals surface area contributed by atoms with E-state index < -0.39 is 17.9 Å². The molecule has 1 aromatic carbocycles. The molecular weight excluding hydrogens is 334 g/mol. The lowest BCUT2D eigenvalue weighted by Crippen LogP contribution is -2.44. The average Bonchev–Trinajstić information content (AvgIpc) is 3.23. The topological polar surface area (TPSA) is 92.5 Å². The van der Waals surface area contributed by atoms with E-state index in [4.69, 9.17) is 0 Å². The van der Waals surface area contributed by atoms with Crippen LogP contribution in [0, 0.1) is 11.8 Å². The standard InChI is InChI=1S/C19H19N3O4/c23-16-10-9-15(20-22(16)13-6-2-1-3-7-13)18(24)21-11-12-5-4-8-14(12)17(21)19(25)26/h1-3,6-7,9-10,12,14,17H,4-5,8,11H2,(H,25,26). The molecule has 1 N–H and O–H groups in total. The second kappa shape index (κ2) is 6.40. The Balaban J connectivity index is 1.68. The number of hydrogen-bond acceptors (Lipinski definition) is 4. The highest BCUT2D eigenvalue weighted by atomic mass is 16.4. The average molecular weight is 353 g/mol. The number of carbonyl (C=O) groups excluding carboxylic acids is 1. The molecule has 0 bridgehead atoms. The van der Waals surface area contributed by atoms with Crippen molar-refractivity contribution in [2.24, 2.45) is 11.8 Å². The van der Waals surface area contributed by atoms with E-state index in [0.29, 0.717) is 12.2 Å². The molecular formula is C19H19N3O4. The molecule has 2 heterocycles. The minimum absolute atomic E-state index is 0.0106. The smallest absolute Gasteiger partial charge is 0.326 e. The Morgan fingerprint density at radius 2 is 1.85 bits per heavy atom. The Bertz CT molecular complexity index is 909. The third-order valence-electron chi connectivity index (χ3n) is 5.42. The molecule has 7 heteroatoms. The number of likely N-dealkylation sites (tertiary alicyclic amines) is 1. The molecule has 1 aliphatic carbocycles. The first-order valence-corrected chi connectivity index (χ1v) is 8.76. The Morgan fingerprint density at radius 1 is 1.08 bits per heavy atom. The predicted molar refractivity (Wildman–Crippen MR) is 93.1 cm³/mol. The van der Waals surface area contributed by atoms with E-state index >= 15 is 0 Å². The molecule has 4 rings (SSSR count). The SMILES string of the molecule is O=C(O)C1C2CCCC2CN1C(=O)c1ccc(=O)n(-c2ccccc2)n1. The van der Waals surface area contributed by atoms with E-state index in [1.807, 2.05) is 6.07 Å². The molecule has 0 spiro atoms. The Kier molecular flexibility index (Phi) is 4.06. The molecule has 2 fully saturated rings. The fourth-order valence-electron chi connectivity index (χ4n) is 4.26. The van der Waals surface area contributed by atoms with Crippen LogP contribution in [0.25, 0.3) is 5.69 Å². The fourth-order valence-corrected chi connectivity index (χ4v) is 4.26. The van der Waals surface area contributed by atoms with Crippen molar-refractivity contribution >= 4 is 11.9 Å². The molecule has 134 valence electrons.